The maximum absolute atomic E-state index is 9.77. The topological polar surface area (TPSA) is 29.5 Å². The van der Waals surface area contributed by atoms with E-state index >= 15 is 0 Å². The fourth-order valence-corrected chi connectivity index (χ4v) is 1.67. The van der Waals surface area contributed by atoms with Gasteiger partial charge in [-0.3, -0.25) is 0 Å². The van der Waals surface area contributed by atoms with E-state index in [1.54, 1.807) is 12.1 Å². The van der Waals surface area contributed by atoms with Gasteiger partial charge >= 0.3 is 0 Å². The van der Waals surface area contributed by atoms with E-state index in [-0.39, 0.29) is 0 Å². The number of hydrogen-bond donors (Lipinski definition) is 1. The third-order valence-corrected chi connectivity index (χ3v) is 3.17. The largest absolute Gasteiger partial charge is 0.386 e. The minimum atomic E-state index is -0.592. The summed E-state index contributed by atoms with van der Waals surface area (Å²) in [6, 6.07) is 5.36. The highest BCUT2D eigenvalue weighted by atomic mass is 79.9. The molecule has 0 saturated heterocycles. The second-order valence-corrected chi connectivity index (χ2v) is 4.53. The molecule has 1 atom stereocenters. The summed E-state index contributed by atoms with van der Waals surface area (Å²) < 4.78 is 6.06. The molecule has 0 spiro atoms. The van der Waals surface area contributed by atoms with Crippen LogP contribution < -0.4 is 0 Å². The van der Waals surface area contributed by atoms with Crippen molar-refractivity contribution in [3.05, 3.63) is 33.3 Å². The summed E-state index contributed by atoms with van der Waals surface area (Å²) in [7, 11) is 0. The molecule has 0 bridgehead atoms. The van der Waals surface area contributed by atoms with Crippen LogP contribution in [-0.4, -0.2) is 18.3 Å². The van der Waals surface area contributed by atoms with Gasteiger partial charge in [-0.05, 0) is 40.0 Å². The molecule has 0 amide bonds. The van der Waals surface area contributed by atoms with E-state index in [4.69, 9.17) is 16.3 Å². The Morgan fingerprint density at radius 3 is 2.87 bits per heavy atom. The quantitative estimate of drug-likeness (QED) is 0.841. The van der Waals surface area contributed by atoms with Crippen molar-refractivity contribution in [3.8, 4) is 0 Å². The smallest absolute Gasteiger partial charge is 0.102 e. The first-order valence-electron chi connectivity index (χ1n) is 4.86. The lowest BCUT2D eigenvalue weighted by Crippen LogP contribution is -2.07. The highest BCUT2D eigenvalue weighted by molar-refractivity contribution is 9.10. The van der Waals surface area contributed by atoms with Gasteiger partial charge in [-0.2, -0.15) is 0 Å². The molecule has 4 heteroatoms. The molecular formula is C11H14BrClO2. The van der Waals surface area contributed by atoms with Gasteiger partial charge in [-0.15, -0.1) is 0 Å². The molecule has 1 unspecified atom stereocenters. The van der Waals surface area contributed by atoms with Crippen LogP contribution in [0.3, 0.4) is 0 Å². The van der Waals surface area contributed by atoms with Crippen LogP contribution in [0.2, 0.25) is 5.02 Å². The van der Waals surface area contributed by atoms with Gasteiger partial charge in [0.1, 0.15) is 6.10 Å². The summed E-state index contributed by atoms with van der Waals surface area (Å²) in [6.45, 7) is 3.03. The predicted octanol–water partition coefficient (Wildman–Crippen LogP) is 3.56. The molecule has 0 aromatic heterocycles. The van der Waals surface area contributed by atoms with Crippen molar-refractivity contribution in [2.75, 3.05) is 13.2 Å². The Bertz CT molecular complexity index is 317. The summed E-state index contributed by atoms with van der Waals surface area (Å²) in [4.78, 5) is 0. The molecular weight excluding hydrogens is 279 g/mol. The maximum Gasteiger partial charge on any atom is 0.102 e. The molecule has 2 nitrogen and oxygen atoms in total. The molecule has 0 fully saturated rings. The lowest BCUT2D eigenvalue weighted by molar-refractivity contribution is 0.0363. The molecule has 0 heterocycles. The Morgan fingerprint density at radius 2 is 2.27 bits per heavy atom. The molecule has 0 aliphatic heterocycles. The van der Waals surface area contributed by atoms with Gasteiger partial charge in [0.15, 0.2) is 0 Å². The third-order valence-electron chi connectivity index (χ3n) is 1.95. The van der Waals surface area contributed by atoms with E-state index in [0.717, 1.165) is 16.5 Å². The molecule has 15 heavy (non-hydrogen) atoms. The summed E-state index contributed by atoms with van der Waals surface area (Å²) in [6.07, 6.45) is 0.363. The Balaban J connectivity index is 2.57. The average Bonchev–Trinajstić information content (AvgIpc) is 2.22. The molecule has 0 aliphatic carbocycles. The standard InChI is InChI=1S/C11H14BrClO2/c1-2-5-15-7-11(14)8-3-4-10(13)9(12)6-8/h3-4,6,11,14H,2,5,7H2,1H3. The van der Waals surface area contributed by atoms with Gasteiger partial charge in [0.05, 0.1) is 11.6 Å². The molecule has 0 aliphatic rings. The highest BCUT2D eigenvalue weighted by Gasteiger charge is 2.09. The summed E-state index contributed by atoms with van der Waals surface area (Å²) in [5, 5.41) is 10.4. The van der Waals surface area contributed by atoms with Crippen LogP contribution in [0.5, 0.6) is 0 Å². The molecule has 1 N–H and O–H groups in total. The summed E-state index contributed by atoms with van der Waals surface area (Å²) >= 11 is 9.16. The Labute approximate surface area is 103 Å². The Morgan fingerprint density at radius 1 is 1.53 bits per heavy atom. The Hall–Kier alpha value is -0.0900. The number of halogens is 2. The van der Waals surface area contributed by atoms with E-state index in [0.29, 0.717) is 18.2 Å². The van der Waals surface area contributed by atoms with Crippen LogP contribution in [0.15, 0.2) is 22.7 Å². The SMILES string of the molecule is CCCOCC(O)c1ccc(Cl)c(Br)c1. The normalized spacial score (nSPS) is 12.8. The van der Waals surface area contributed by atoms with E-state index in [2.05, 4.69) is 15.9 Å². The number of rotatable bonds is 5. The van der Waals surface area contributed by atoms with E-state index in [1.807, 2.05) is 13.0 Å². The third kappa shape index (κ3) is 4.11. The fraction of sp³-hybridized carbons (Fsp3) is 0.455. The molecule has 1 rings (SSSR count). The average molecular weight is 294 g/mol. The van der Waals surface area contributed by atoms with Gasteiger partial charge in [-0.1, -0.05) is 24.6 Å². The molecule has 1 aromatic carbocycles. The van der Waals surface area contributed by atoms with Crippen molar-refractivity contribution in [3.63, 3.8) is 0 Å². The minimum Gasteiger partial charge on any atom is -0.386 e. The predicted molar refractivity (Wildman–Crippen MR) is 65.2 cm³/mol. The van der Waals surface area contributed by atoms with Gasteiger partial charge in [0.2, 0.25) is 0 Å². The lowest BCUT2D eigenvalue weighted by atomic mass is 10.1. The summed E-state index contributed by atoms with van der Waals surface area (Å²) in [5.74, 6) is 0. The van der Waals surface area contributed by atoms with Crippen LogP contribution in [0.1, 0.15) is 25.0 Å². The number of hydrogen-bond acceptors (Lipinski definition) is 2. The van der Waals surface area contributed by atoms with E-state index in [1.165, 1.54) is 0 Å². The molecule has 0 saturated carbocycles. The van der Waals surface area contributed by atoms with Crippen molar-refractivity contribution >= 4 is 27.5 Å². The van der Waals surface area contributed by atoms with Crippen molar-refractivity contribution in [1.82, 2.24) is 0 Å². The first-order valence-corrected chi connectivity index (χ1v) is 6.03. The monoisotopic (exact) mass is 292 g/mol. The first kappa shape index (κ1) is 13.0. The van der Waals surface area contributed by atoms with Crippen LogP contribution >= 0.6 is 27.5 Å². The zero-order valence-corrected chi connectivity index (χ0v) is 10.9. The molecule has 0 radical (unpaired) electrons. The number of aliphatic hydroxyl groups excluding tert-OH is 1. The van der Waals surface area contributed by atoms with Gasteiger partial charge in [0.25, 0.3) is 0 Å². The van der Waals surface area contributed by atoms with Crippen LogP contribution in [0.25, 0.3) is 0 Å². The van der Waals surface area contributed by atoms with Crippen molar-refractivity contribution < 1.29 is 9.84 Å². The van der Waals surface area contributed by atoms with Crippen LogP contribution in [0.4, 0.5) is 0 Å². The van der Waals surface area contributed by atoms with Crippen molar-refractivity contribution in [2.45, 2.75) is 19.4 Å². The number of benzene rings is 1. The lowest BCUT2D eigenvalue weighted by Gasteiger charge is -2.11. The van der Waals surface area contributed by atoms with E-state index < -0.39 is 6.10 Å². The molecule has 1 aromatic rings. The second-order valence-electron chi connectivity index (χ2n) is 3.26. The zero-order valence-electron chi connectivity index (χ0n) is 8.54. The van der Waals surface area contributed by atoms with Crippen molar-refractivity contribution in [2.24, 2.45) is 0 Å². The second kappa shape index (κ2) is 6.48. The number of ether oxygens (including phenoxy) is 1. The van der Waals surface area contributed by atoms with Crippen LogP contribution in [-0.2, 0) is 4.74 Å². The first-order chi connectivity index (χ1) is 7.15. The van der Waals surface area contributed by atoms with Crippen molar-refractivity contribution in [1.29, 1.82) is 0 Å². The van der Waals surface area contributed by atoms with E-state index in [9.17, 15) is 5.11 Å². The zero-order chi connectivity index (χ0) is 11.3. The number of aliphatic hydroxyl groups is 1. The van der Waals surface area contributed by atoms with Gasteiger partial charge < -0.3 is 9.84 Å². The van der Waals surface area contributed by atoms with Crippen LogP contribution in [0, 0.1) is 0 Å². The van der Waals surface area contributed by atoms with Gasteiger partial charge in [-0.25, -0.2) is 0 Å². The summed E-state index contributed by atoms with van der Waals surface area (Å²) in [5.41, 5.74) is 0.808. The fourth-order valence-electron chi connectivity index (χ4n) is 1.16. The highest BCUT2D eigenvalue weighted by Crippen LogP contribution is 2.26. The Kier molecular flexibility index (Phi) is 5.61. The minimum absolute atomic E-state index is 0.321. The maximum atomic E-state index is 9.77. The van der Waals surface area contributed by atoms with Gasteiger partial charge in [0, 0.05) is 11.1 Å². The molecule has 84 valence electrons.